The summed E-state index contributed by atoms with van der Waals surface area (Å²) in [7, 11) is 0. The van der Waals surface area contributed by atoms with E-state index in [4.69, 9.17) is 10.8 Å². The Morgan fingerprint density at radius 1 is 1.60 bits per heavy atom. The smallest absolute Gasteiger partial charge is 0.262 e. The van der Waals surface area contributed by atoms with Gasteiger partial charge in [0.1, 0.15) is 0 Å². The van der Waals surface area contributed by atoms with Crippen LogP contribution < -0.4 is 11.1 Å². The Hall–Kier alpha value is -1.88. The molecule has 0 heterocycles. The molecular formula is C10H13N3O2. The molecular weight excluding hydrogens is 194 g/mol. The maximum Gasteiger partial charge on any atom is 0.262 e. The molecule has 80 valence electrons. The summed E-state index contributed by atoms with van der Waals surface area (Å²) in [6.45, 7) is 0.139. The summed E-state index contributed by atoms with van der Waals surface area (Å²) >= 11 is 0. The number of aliphatic hydroxyl groups excluding tert-OH is 1. The predicted molar refractivity (Wildman–Crippen MR) is 59.1 cm³/mol. The predicted octanol–water partition coefficient (Wildman–Crippen LogP) is 0.0796. The maximum absolute atomic E-state index is 11.1. The number of hydrogen-bond donors (Lipinski definition) is 3. The molecule has 15 heavy (non-hydrogen) atoms. The number of nitrogens with zero attached hydrogens (tertiary/aromatic N) is 1. The van der Waals surface area contributed by atoms with Crippen molar-refractivity contribution in [3.8, 4) is 0 Å². The fourth-order valence-electron chi connectivity index (χ4n) is 0.963. The normalized spacial score (nSPS) is 10.5. The number of amides is 1. The third-order valence-corrected chi connectivity index (χ3v) is 1.61. The molecule has 1 aromatic rings. The van der Waals surface area contributed by atoms with Gasteiger partial charge in [-0.3, -0.25) is 9.79 Å². The number of carbonyl (C=O) groups excluding carboxylic acids is 1. The van der Waals surface area contributed by atoms with E-state index < -0.39 is 0 Å². The lowest BCUT2D eigenvalue weighted by Crippen LogP contribution is -2.26. The highest BCUT2D eigenvalue weighted by Crippen LogP contribution is 2.14. The molecule has 0 aliphatic carbocycles. The Bertz CT molecular complexity index is 363. The number of nitrogens with one attached hydrogen (secondary N) is 1. The van der Waals surface area contributed by atoms with Crippen LogP contribution >= 0.6 is 0 Å². The highest BCUT2D eigenvalue weighted by atomic mass is 16.3. The first kappa shape index (κ1) is 11.2. The van der Waals surface area contributed by atoms with Crippen LogP contribution in [0.2, 0.25) is 0 Å². The van der Waals surface area contributed by atoms with E-state index in [-0.39, 0.29) is 19.1 Å². The van der Waals surface area contributed by atoms with Crippen molar-refractivity contribution in [3.63, 3.8) is 0 Å². The molecule has 4 N–H and O–H groups in total. The van der Waals surface area contributed by atoms with Gasteiger partial charge in [0.25, 0.3) is 5.91 Å². The SMILES string of the molecule is Nc1cccc(N=CC(=O)NCCO)c1. The van der Waals surface area contributed by atoms with Crippen molar-refractivity contribution < 1.29 is 9.90 Å². The molecule has 5 heteroatoms. The Morgan fingerprint density at radius 2 is 2.40 bits per heavy atom. The Kier molecular flexibility index (Phi) is 4.30. The summed E-state index contributed by atoms with van der Waals surface area (Å²) in [5, 5.41) is 10.9. The number of aliphatic hydroxyl groups is 1. The maximum atomic E-state index is 11.1. The quantitative estimate of drug-likeness (QED) is 0.482. The van der Waals surface area contributed by atoms with Crippen molar-refractivity contribution in [3.05, 3.63) is 24.3 Å². The number of anilines is 1. The van der Waals surface area contributed by atoms with E-state index in [0.29, 0.717) is 11.4 Å². The highest BCUT2D eigenvalue weighted by molar-refractivity contribution is 6.26. The van der Waals surface area contributed by atoms with Crippen molar-refractivity contribution in [1.29, 1.82) is 0 Å². The molecule has 0 unspecified atom stereocenters. The van der Waals surface area contributed by atoms with Gasteiger partial charge in [0.05, 0.1) is 18.5 Å². The number of rotatable bonds is 4. The summed E-state index contributed by atoms with van der Waals surface area (Å²) in [5.74, 6) is -0.341. The van der Waals surface area contributed by atoms with Gasteiger partial charge in [-0.25, -0.2) is 0 Å². The summed E-state index contributed by atoms with van der Waals surface area (Å²) in [6, 6.07) is 6.90. The van der Waals surface area contributed by atoms with Crippen LogP contribution in [0.15, 0.2) is 29.3 Å². The number of aliphatic imine (C=N–C) groups is 1. The van der Waals surface area contributed by atoms with Gasteiger partial charge in [-0.1, -0.05) is 6.07 Å². The Labute approximate surface area is 87.6 Å². The minimum absolute atomic E-state index is 0.0855. The Morgan fingerprint density at radius 3 is 3.07 bits per heavy atom. The number of nitrogen functional groups attached to an aromatic ring is 1. The second-order valence-corrected chi connectivity index (χ2v) is 2.87. The fraction of sp³-hybridized carbons (Fsp3) is 0.200. The average molecular weight is 207 g/mol. The molecule has 1 aromatic carbocycles. The van der Waals surface area contributed by atoms with Crippen molar-refractivity contribution in [1.82, 2.24) is 5.32 Å². The van der Waals surface area contributed by atoms with E-state index in [9.17, 15) is 4.79 Å². The zero-order valence-corrected chi connectivity index (χ0v) is 8.18. The minimum Gasteiger partial charge on any atom is -0.399 e. The van der Waals surface area contributed by atoms with Crippen LogP contribution in [0.1, 0.15) is 0 Å². The number of hydrogen-bond acceptors (Lipinski definition) is 4. The molecule has 0 saturated carbocycles. The van der Waals surface area contributed by atoms with Crippen LogP contribution in [-0.2, 0) is 4.79 Å². The van der Waals surface area contributed by atoms with Crippen LogP contribution in [0.4, 0.5) is 11.4 Å². The van der Waals surface area contributed by atoms with Crippen LogP contribution in [-0.4, -0.2) is 30.4 Å². The minimum atomic E-state index is -0.341. The molecule has 0 fully saturated rings. The first-order valence-electron chi connectivity index (χ1n) is 4.50. The molecule has 0 aliphatic rings. The molecule has 1 rings (SSSR count). The van der Waals surface area contributed by atoms with Crippen molar-refractivity contribution in [2.75, 3.05) is 18.9 Å². The molecule has 0 saturated heterocycles. The molecule has 0 radical (unpaired) electrons. The molecule has 0 bridgehead atoms. The third-order valence-electron chi connectivity index (χ3n) is 1.61. The Balaban J connectivity index is 2.53. The van der Waals surface area contributed by atoms with Gasteiger partial charge in [-0.05, 0) is 18.2 Å². The molecule has 0 aliphatic heterocycles. The molecule has 0 spiro atoms. The number of carbonyl (C=O) groups is 1. The second-order valence-electron chi connectivity index (χ2n) is 2.87. The zero-order valence-electron chi connectivity index (χ0n) is 8.18. The van der Waals surface area contributed by atoms with Crippen molar-refractivity contribution in [2.24, 2.45) is 4.99 Å². The lowest BCUT2D eigenvalue weighted by Gasteiger charge is -1.97. The van der Waals surface area contributed by atoms with Crippen molar-refractivity contribution >= 4 is 23.5 Å². The summed E-state index contributed by atoms with van der Waals surface area (Å²) in [6.07, 6.45) is 1.16. The average Bonchev–Trinajstić information content (AvgIpc) is 2.23. The second kappa shape index (κ2) is 5.77. The van der Waals surface area contributed by atoms with Gasteiger partial charge in [-0.15, -0.1) is 0 Å². The zero-order chi connectivity index (χ0) is 11.1. The molecule has 1 amide bonds. The largest absolute Gasteiger partial charge is 0.399 e. The summed E-state index contributed by atoms with van der Waals surface area (Å²) in [5.41, 5.74) is 6.75. The molecule has 0 aromatic heterocycles. The van der Waals surface area contributed by atoms with Crippen LogP contribution in [0.5, 0.6) is 0 Å². The van der Waals surface area contributed by atoms with E-state index in [1.165, 1.54) is 0 Å². The van der Waals surface area contributed by atoms with Gasteiger partial charge in [0.15, 0.2) is 0 Å². The highest BCUT2D eigenvalue weighted by Gasteiger charge is 1.94. The van der Waals surface area contributed by atoms with Crippen molar-refractivity contribution in [2.45, 2.75) is 0 Å². The third kappa shape index (κ3) is 4.24. The van der Waals surface area contributed by atoms with Gasteiger partial charge in [0, 0.05) is 12.2 Å². The molecule has 0 atom stereocenters. The first-order chi connectivity index (χ1) is 7.22. The van der Waals surface area contributed by atoms with E-state index >= 15 is 0 Å². The summed E-state index contributed by atoms with van der Waals surface area (Å²) in [4.78, 5) is 15.0. The van der Waals surface area contributed by atoms with E-state index in [1.807, 2.05) is 0 Å². The monoisotopic (exact) mass is 207 g/mol. The fourth-order valence-corrected chi connectivity index (χ4v) is 0.963. The standard InChI is InChI=1S/C10H13N3O2/c11-8-2-1-3-9(6-8)13-7-10(15)12-4-5-14/h1-3,6-7,14H,4-5,11H2,(H,12,15). The van der Waals surface area contributed by atoms with Gasteiger partial charge < -0.3 is 16.2 Å². The van der Waals surface area contributed by atoms with Crippen LogP contribution in [0.25, 0.3) is 0 Å². The topological polar surface area (TPSA) is 87.7 Å². The molecule has 5 nitrogen and oxygen atoms in total. The number of nitrogens with two attached hydrogens (primary N) is 1. The van der Waals surface area contributed by atoms with E-state index in [0.717, 1.165) is 6.21 Å². The number of benzene rings is 1. The van der Waals surface area contributed by atoms with Gasteiger partial charge in [0.2, 0.25) is 0 Å². The van der Waals surface area contributed by atoms with Gasteiger partial charge >= 0.3 is 0 Å². The van der Waals surface area contributed by atoms with E-state index in [2.05, 4.69) is 10.3 Å². The summed E-state index contributed by atoms with van der Waals surface area (Å²) < 4.78 is 0. The first-order valence-corrected chi connectivity index (χ1v) is 4.50. The lowest BCUT2D eigenvalue weighted by atomic mass is 10.3. The lowest BCUT2D eigenvalue weighted by molar-refractivity contribution is -0.114. The van der Waals surface area contributed by atoms with Crippen LogP contribution in [0, 0.1) is 0 Å². The van der Waals surface area contributed by atoms with Crippen LogP contribution in [0.3, 0.4) is 0 Å². The van der Waals surface area contributed by atoms with Gasteiger partial charge in [-0.2, -0.15) is 0 Å². The van der Waals surface area contributed by atoms with E-state index in [1.54, 1.807) is 24.3 Å².